The Bertz CT molecular complexity index is 2840. The van der Waals surface area contributed by atoms with E-state index in [-0.39, 0.29) is 31.2 Å². The van der Waals surface area contributed by atoms with Gasteiger partial charge in [0.05, 0.1) is 5.58 Å². The van der Waals surface area contributed by atoms with Gasteiger partial charge in [-0.05, 0) is 126 Å². The number of aryl methyl sites for hydroxylation is 2. The number of rotatable bonds is 5. The molecule has 0 atom stereocenters. The van der Waals surface area contributed by atoms with E-state index in [1.165, 1.54) is 37.9 Å². The van der Waals surface area contributed by atoms with Crippen LogP contribution in [0.2, 0.25) is 0 Å². The zero-order valence-corrected chi connectivity index (χ0v) is 36.6. The Labute approximate surface area is 373 Å². The zero-order valence-electron chi connectivity index (χ0n) is 43.2. The summed E-state index contributed by atoms with van der Waals surface area (Å²) >= 11 is 0. The van der Waals surface area contributed by atoms with Crippen molar-refractivity contribution in [3.05, 3.63) is 144 Å². The molecule has 3 heterocycles. The molecule has 0 amide bonds. The topological polar surface area (TPSA) is 38.9 Å². The van der Waals surface area contributed by atoms with Crippen molar-refractivity contribution < 1.29 is 36.9 Å². The predicted molar refractivity (Wildman–Crippen MR) is 238 cm³/mol. The average Bonchev–Trinajstić information content (AvgIpc) is 3.67. The second-order valence-corrected chi connectivity index (χ2v) is 17.9. The molecule has 3 aromatic heterocycles. The van der Waals surface area contributed by atoms with E-state index >= 15 is 0 Å². The number of hydrogen-bond donors (Lipinski definition) is 0. The molecule has 4 heteroatoms. The first kappa shape index (κ1) is 31.5. The number of furan rings is 1. The summed E-state index contributed by atoms with van der Waals surface area (Å²) in [7, 11) is 0. The molecule has 2 aliphatic rings. The number of nitrogens with zero attached hydrogens (tertiary/aromatic N) is 2. The molecule has 9 rings (SSSR count). The second-order valence-electron chi connectivity index (χ2n) is 17.9. The first-order chi connectivity index (χ1) is 30.9. The van der Waals surface area contributed by atoms with Gasteiger partial charge in [-0.2, -0.15) is 0 Å². The van der Waals surface area contributed by atoms with Crippen molar-refractivity contribution in [3.63, 3.8) is 0 Å². The van der Waals surface area contributed by atoms with Gasteiger partial charge >= 0.3 is 0 Å². The van der Waals surface area contributed by atoms with E-state index in [2.05, 4.69) is 35.9 Å². The molecule has 0 bridgehead atoms. The van der Waals surface area contributed by atoms with Gasteiger partial charge in [0.15, 0.2) is 0 Å². The molecular weight excluding hydrogens is 885 g/mol. The molecule has 0 saturated heterocycles. The maximum absolute atomic E-state index is 9.56. The Morgan fingerprint density at radius 2 is 1.52 bits per heavy atom. The molecule has 1 radical (unpaired) electrons. The number of para-hydroxylation sites is 1. The van der Waals surface area contributed by atoms with Crippen LogP contribution in [0.1, 0.15) is 126 Å². The van der Waals surface area contributed by atoms with Crippen LogP contribution in [0.3, 0.4) is 0 Å². The predicted octanol–water partition coefficient (Wildman–Crippen LogP) is 15.1. The third kappa shape index (κ3) is 9.25. The molecule has 58 heavy (non-hydrogen) atoms. The van der Waals surface area contributed by atoms with Crippen molar-refractivity contribution in [1.29, 1.82) is 0 Å². The van der Waals surface area contributed by atoms with Gasteiger partial charge in [-0.1, -0.05) is 125 Å². The third-order valence-electron chi connectivity index (χ3n) is 12.1. The van der Waals surface area contributed by atoms with E-state index in [0.29, 0.717) is 68.5 Å². The van der Waals surface area contributed by atoms with E-state index < -0.39 is 31.4 Å². The van der Waals surface area contributed by atoms with Crippen LogP contribution in [-0.2, 0) is 26.5 Å². The fourth-order valence-electron chi connectivity index (χ4n) is 8.63. The zero-order chi connectivity index (χ0) is 47.5. The number of pyridine rings is 2. The van der Waals surface area contributed by atoms with Crippen LogP contribution in [0.4, 0.5) is 0 Å². The fraction of sp³-hybridized carbons (Fsp3) is 0.370. The minimum absolute atomic E-state index is 0. The molecule has 3 nitrogen and oxygen atoms in total. The van der Waals surface area contributed by atoms with Crippen molar-refractivity contribution in [2.45, 2.75) is 112 Å². The van der Waals surface area contributed by atoms with Crippen LogP contribution < -0.4 is 0 Å². The van der Waals surface area contributed by atoms with Crippen LogP contribution in [-0.4, -0.2) is 9.97 Å². The maximum Gasteiger partial charge on any atom is 0.120 e. The van der Waals surface area contributed by atoms with Gasteiger partial charge in [0.2, 0.25) is 0 Å². The maximum atomic E-state index is 9.56. The van der Waals surface area contributed by atoms with Crippen LogP contribution in [0.15, 0.2) is 114 Å². The standard InChI is InChI=1S/C31H34NO.C23H24N.Ir/c1-21-20-32-27(25-9-6-8-24-23-7-4-5-10-28(23)33-29(24)25)19-26(21)22-11-13-31(14-12-22)17-15-30(2,3)16-18-31;1-17-10-12-20(14-21(17)19-8-6-5-7-9-19)22-13-11-18(16-24-22)15-23(2,3)4;/h4-8,10,19-20,22H,11-18H2,1-3H3;5-11,13-14,16H,15H2,1-4H3;/q2*-1;/i1D3,22D;1D3,15D2;. The molecule has 2 aliphatic carbocycles. The van der Waals surface area contributed by atoms with Crippen molar-refractivity contribution in [1.82, 2.24) is 9.97 Å². The van der Waals surface area contributed by atoms with E-state index in [0.717, 1.165) is 34.8 Å². The normalized spacial score (nSPS) is 20.0. The van der Waals surface area contributed by atoms with E-state index in [1.54, 1.807) is 24.4 Å². The van der Waals surface area contributed by atoms with Gasteiger partial charge in [0.1, 0.15) is 5.58 Å². The third-order valence-corrected chi connectivity index (χ3v) is 12.1. The Hall–Kier alpha value is -4.37. The summed E-state index contributed by atoms with van der Waals surface area (Å²) in [5, 5.41) is 2.00. The smallest absolute Gasteiger partial charge is 0.120 e. The monoisotopic (exact) mass is 952 g/mol. The molecule has 301 valence electrons. The first-order valence-electron chi connectivity index (χ1n) is 24.8. The van der Waals surface area contributed by atoms with E-state index in [9.17, 15) is 1.37 Å². The molecule has 1 spiro atoms. The number of benzene rings is 4. The van der Waals surface area contributed by atoms with Crippen molar-refractivity contribution in [2.75, 3.05) is 0 Å². The SMILES string of the molecule is [2H]C([2H])([2H])c1c[c-]c(-c2ccc(C([2H])([2H])C(C)(C)C)cn2)cc1-c1ccccc1.[2H]C([2H])([2H])c1cnc(-c2[c-]ccc3c2oc2ccccc23)cc1C1([2H])CCC2(CCC(C)(C)CC2)CC1.[Ir]. The molecule has 2 saturated carbocycles. The van der Waals surface area contributed by atoms with Crippen LogP contribution in [0.25, 0.3) is 55.6 Å². The molecule has 0 unspecified atom stereocenters. The summed E-state index contributed by atoms with van der Waals surface area (Å²) < 4.78 is 80.8. The summed E-state index contributed by atoms with van der Waals surface area (Å²) in [4.78, 5) is 9.03. The van der Waals surface area contributed by atoms with E-state index in [1.807, 2.05) is 93.6 Å². The quantitative estimate of drug-likeness (QED) is 0.161. The molecule has 2 fully saturated rings. The minimum atomic E-state index is -2.33. The van der Waals surface area contributed by atoms with Crippen molar-refractivity contribution in [3.8, 4) is 33.6 Å². The average molecular weight is 952 g/mol. The molecule has 0 N–H and O–H groups in total. The molecular formula is C54H58IrN2O-2. The second kappa shape index (κ2) is 17.1. The summed E-state index contributed by atoms with van der Waals surface area (Å²) in [5.74, 6) is -0.943. The van der Waals surface area contributed by atoms with Gasteiger partial charge in [0.25, 0.3) is 0 Å². The summed E-state index contributed by atoms with van der Waals surface area (Å²) in [5.41, 5.74) is 7.21. The van der Waals surface area contributed by atoms with Gasteiger partial charge in [-0.3, -0.25) is 0 Å². The van der Waals surface area contributed by atoms with Crippen LogP contribution in [0, 0.1) is 42.1 Å². The summed E-state index contributed by atoms with van der Waals surface area (Å²) in [6, 6.07) is 36.1. The number of hydrogen-bond acceptors (Lipinski definition) is 3. The van der Waals surface area contributed by atoms with E-state index in [4.69, 9.17) is 15.4 Å². The number of aromatic nitrogens is 2. The van der Waals surface area contributed by atoms with Gasteiger partial charge in [0, 0.05) is 50.2 Å². The van der Waals surface area contributed by atoms with Gasteiger partial charge < -0.3 is 14.4 Å². The molecule has 7 aromatic rings. The van der Waals surface area contributed by atoms with Gasteiger partial charge in [-0.25, -0.2) is 0 Å². The number of fused-ring (bicyclic) bond motifs is 3. The largest absolute Gasteiger partial charge is 0.501 e. The van der Waals surface area contributed by atoms with Gasteiger partial charge in [-0.15, -0.1) is 47.5 Å². The van der Waals surface area contributed by atoms with Crippen LogP contribution >= 0.6 is 0 Å². The minimum Gasteiger partial charge on any atom is -0.501 e. The Balaban J connectivity index is 0.000000202. The first-order valence-corrected chi connectivity index (χ1v) is 20.3. The molecule has 4 aromatic carbocycles. The molecule has 0 aliphatic heterocycles. The van der Waals surface area contributed by atoms with Crippen molar-refractivity contribution in [2.24, 2.45) is 16.2 Å². The fourth-order valence-corrected chi connectivity index (χ4v) is 8.63. The Morgan fingerprint density at radius 1 is 0.793 bits per heavy atom. The Morgan fingerprint density at radius 3 is 2.22 bits per heavy atom. The van der Waals surface area contributed by atoms with Crippen LogP contribution in [0.5, 0.6) is 0 Å². The summed E-state index contributed by atoms with van der Waals surface area (Å²) in [6.45, 7) is 5.71. The van der Waals surface area contributed by atoms with Crippen molar-refractivity contribution >= 4 is 21.9 Å². The Kier molecular flexibility index (Phi) is 9.29. The summed E-state index contributed by atoms with van der Waals surface area (Å²) in [6.07, 6.45) is 9.71.